The fourth-order valence-corrected chi connectivity index (χ4v) is 3.38. The maximum Gasteiger partial charge on any atom is 0.276 e. The Morgan fingerprint density at radius 1 is 1.03 bits per heavy atom. The topological polar surface area (TPSA) is 50.8 Å². The van der Waals surface area contributed by atoms with Crippen LogP contribution in [-0.4, -0.2) is 35.7 Å². The van der Waals surface area contributed by atoms with Crippen LogP contribution in [0.5, 0.6) is 11.5 Å². The van der Waals surface area contributed by atoms with Gasteiger partial charge in [-0.05, 0) is 68.7 Å². The van der Waals surface area contributed by atoms with Crippen molar-refractivity contribution >= 4 is 29.3 Å². The Balaban J connectivity index is 1.69. The Bertz CT molecular complexity index is 922. The highest BCUT2D eigenvalue weighted by Crippen LogP contribution is 2.29. The number of hydrogen-bond acceptors (Lipinski definition) is 4. The fraction of sp³-hybridized carbons (Fsp3) is 0.304. The van der Waals surface area contributed by atoms with Crippen molar-refractivity contribution in [3.8, 4) is 11.5 Å². The normalized spacial score (nSPS) is 15.0. The van der Waals surface area contributed by atoms with Crippen LogP contribution in [0.1, 0.15) is 30.5 Å². The van der Waals surface area contributed by atoms with Gasteiger partial charge < -0.3 is 14.8 Å². The SMILES string of the molecule is CCOc1ccc(CCN2C(=O)/C(=C\c3ccc(C)cc3)NC2=S)cc1OCC. The van der Waals surface area contributed by atoms with E-state index in [9.17, 15) is 4.79 Å². The summed E-state index contributed by atoms with van der Waals surface area (Å²) in [7, 11) is 0. The smallest absolute Gasteiger partial charge is 0.276 e. The van der Waals surface area contributed by atoms with Crippen molar-refractivity contribution in [3.05, 3.63) is 64.9 Å². The summed E-state index contributed by atoms with van der Waals surface area (Å²) in [6, 6.07) is 13.9. The molecule has 6 heteroatoms. The Kier molecular flexibility index (Phi) is 6.88. The van der Waals surface area contributed by atoms with E-state index in [0.717, 1.165) is 22.6 Å². The largest absolute Gasteiger partial charge is 0.490 e. The molecule has 1 fully saturated rings. The van der Waals surface area contributed by atoms with Gasteiger partial charge in [-0.3, -0.25) is 9.69 Å². The van der Waals surface area contributed by atoms with Crippen LogP contribution < -0.4 is 14.8 Å². The molecule has 5 nitrogen and oxygen atoms in total. The summed E-state index contributed by atoms with van der Waals surface area (Å²) in [5, 5.41) is 3.47. The van der Waals surface area contributed by atoms with Gasteiger partial charge in [-0.15, -0.1) is 0 Å². The Morgan fingerprint density at radius 3 is 2.41 bits per heavy atom. The first-order valence-electron chi connectivity index (χ1n) is 9.81. The average Bonchev–Trinajstić information content (AvgIpc) is 2.97. The summed E-state index contributed by atoms with van der Waals surface area (Å²) < 4.78 is 11.3. The Hall–Kier alpha value is -2.86. The third kappa shape index (κ3) is 5.15. The van der Waals surface area contributed by atoms with Crippen molar-refractivity contribution in [2.45, 2.75) is 27.2 Å². The molecule has 0 saturated carbocycles. The van der Waals surface area contributed by atoms with Gasteiger partial charge in [0.05, 0.1) is 13.2 Å². The van der Waals surface area contributed by atoms with E-state index in [-0.39, 0.29) is 5.91 Å². The third-order valence-electron chi connectivity index (χ3n) is 4.58. The van der Waals surface area contributed by atoms with Crippen LogP contribution in [0.2, 0.25) is 0 Å². The maximum absolute atomic E-state index is 12.8. The molecule has 1 aliphatic rings. The van der Waals surface area contributed by atoms with Crippen molar-refractivity contribution in [2.24, 2.45) is 0 Å². The molecule has 1 saturated heterocycles. The van der Waals surface area contributed by atoms with E-state index in [1.54, 1.807) is 4.90 Å². The monoisotopic (exact) mass is 410 g/mol. The van der Waals surface area contributed by atoms with E-state index < -0.39 is 0 Å². The molecule has 1 heterocycles. The molecule has 1 aliphatic heterocycles. The molecular formula is C23H26N2O3S. The van der Waals surface area contributed by atoms with Crippen molar-refractivity contribution in [1.82, 2.24) is 10.2 Å². The van der Waals surface area contributed by atoms with Gasteiger partial charge in [0.25, 0.3) is 5.91 Å². The lowest BCUT2D eigenvalue weighted by Crippen LogP contribution is -2.32. The van der Waals surface area contributed by atoms with Crippen molar-refractivity contribution in [2.75, 3.05) is 19.8 Å². The average molecular weight is 411 g/mol. The van der Waals surface area contributed by atoms with Crippen LogP contribution in [0.15, 0.2) is 48.2 Å². The second-order valence-electron chi connectivity index (χ2n) is 6.75. The molecule has 0 radical (unpaired) electrons. The highest BCUT2D eigenvalue weighted by atomic mass is 32.1. The summed E-state index contributed by atoms with van der Waals surface area (Å²) in [4.78, 5) is 14.4. The van der Waals surface area contributed by atoms with E-state index in [0.29, 0.717) is 37.0 Å². The molecule has 1 N–H and O–H groups in total. The van der Waals surface area contributed by atoms with Crippen LogP contribution in [0.3, 0.4) is 0 Å². The maximum atomic E-state index is 12.8. The van der Waals surface area contributed by atoms with Crippen LogP contribution in [0, 0.1) is 6.92 Å². The molecule has 0 unspecified atom stereocenters. The fourth-order valence-electron chi connectivity index (χ4n) is 3.10. The number of amides is 1. The van der Waals surface area contributed by atoms with E-state index >= 15 is 0 Å². The molecule has 1 amide bonds. The number of hydrogen-bond donors (Lipinski definition) is 1. The lowest BCUT2D eigenvalue weighted by Gasteiger charge is -2.15. The number of aryl methyl sites for hydroxylation is 1. The Labute approximate surface area is 177 Å². The zero-order chi connectivity index (χ0) is 20.8. The standard InChI is InChI=1S/C23H26N2O3S/c1-4-27-20-11-10-18(15-21(20)28-5-2)12-13-25-22(26)19(24-23(25)29)14-17-8-6-16(3)7-9-17/h6-11,14-15H,4-5,12-13H2,1-3H3,(H,24,29)/b19-14+. The minimum absolute atomic E-state index is 0.105. The van der Waals surface area contributed by atoms with Crippen LogP contribution >= 0.6 is 12.2 Å². The summed E-state index contributed by atoms with van der Waals surface area (Å²) in [6.45, 7) is 7.56. The molecule has 0 spiro atoms. The van der Waals surface area contributed by atoms with Crippen molar-refractivity contribution < 1.29 is 14.3 Å². The number of nitrogens with zero attached hydrogens (tertiary/aromatic N) is 1. The molecule has 0 bridgehead atoms. The predicted molar refractivity (Wildman–Crippen MR) is 119 cm³/mol. The quantitative estimate of drug-likeness (QED) is 0.525. The van der Waals surface area contributed by atoms with E-state index in [2.05, 4.69) is 5.32 Å². The summed E-state index contributed by atoms with van der Waals surface area (Å²) in [6.07, 6.45) is 2.50. The van der Waals surface area contributed by atoms with Gasteiger partial charge in [0.2, 0.25) is 0 Å². The molecule has 29 heavy (non-hydrogen) atoms. The van der Waals surface area contributed by atoms with Gasteiger partial charge in [-0.2, -0.15) is 0 Å². The number of thiocarbonyl (C=S) groups is 1. The van der Waals surface area contributed by atoms with Gasteiger partial charge in [0.1, 0.15) is 5.70 Å². The number of benzene rings is 2. The van der Waals surface area contributed by atoms with Gasteiger partial charge in [0.15, 0.2) is 16.6 Å². The molecular weight excluding hydrogens is 384 g/mol. The molecule has 3 rings (SSSR count). The lowest BCUT2D eigenvalue weighted by atomic mass is 10.1. The number of nitrogens with one attached hydrogen (secondary N) is 1. The summed E-state index contributed by atoms with van der Waals surface area (Å²) >= 11 is 5.38. The highest BCUT2D eigenvalue weighted by Gasteiger charge is 2.30. The minimum atomic E-state index is -0.105. The molecule has 0 aliphatic carbocycles. The third-order valence-corrected chi connectivity index (χ3v) is 4.91. The van der Waals surface area contributed by atoms with E-state index in [4.69, 9.17) is 21.7 Å². The molecule has 0 atom stereocenters. The lowest BCUT2D eigenvalue weighted by molar-refractivity contribution is -0.122. The van der Waals surface area contributed by atoms with E-state index in [1.165, 1.54) is 5.56 Å². The molecule has 2 aromatic rings. The summed E-state index contributed by atoms with van der Waals surface area (Å²) in [5.41, 5.74) is 3.70. The number of rotatable bonds is 8. The number of ether oxygens (including phenoxy) is 2. The van der Waals surface area contributed by atoms with E-state index in [1.807, 2.05) is 69.3 Å². The summed E-state index contributed by atoms with van der Waals surface area (Å²) in [5.74, 6) is 1.35. The van der Waals surface area contributed by atoms with Crippen molar-refractivity contribution in [3.63, 3.8) is 0 Å². The first-order valence-corrected chi connectivity index (χ1v) is 10.2. The van der Waals surface area contributed by atoms with Gasteiger partial charge in [0, 0.05) is 6.54 Å². The molecule has 2 aromatic carbocycles. The second-order valence-corrected chi connectivity index (χ2v) is 7.14. The minimum Gasteiger partial charge on any atom is -0.490 e. The molecule has 0 aromatic heterocycles. The van der Waals surface area contributed by atoms with Gasteiger partial charge >= 0.3 is 0 Å². The Morgan fingerprint density at radius 2 is 1.72 bits per heavy atom. The zero-order valence-electron chi connectivity index (χ0n) is 17.0. The highest BCUT2D eigenvalue weighted by molar-refractivity contribution is 7.80. The number of carbonyl (C=O) groups excluding carboxylic acids is 1. The van der Waals surface area contributed by atoms with Crippen LogP contribution in [0.25, 0.3) is 6.08 Å². The van der Waals surface area contributed by atoms with Crippen molar-refractivity contribution in [1.29, 1.82) is 0 Å². The second kappa shape index (κ2) is 9.56. The number of carbonyl (C=O) groups is 1. The van der Waals surface area contributed by atoms with Crippen LogP contribution in [0.4, 0.5) is 0 Å². The van der Waals surface area contributed by atoms with Gasteiger partial charge in [-0.25, -0.2) is 0 Å². The molecule has 152 valence electrons. The first kappa shape index (κ1) is 20.9. The first-order chi connectivity index (χ1) is 14.0. The van der Waals surface area contributed by atoms with Gasteiger partial charge in [-0.1, -0.05) is 35.9 Å². The predicted octanol–water partition coefficient (Wildman–Crippen LogP) is 4.09. The van der Waals surface area contributed by atoms with Crippen LogP contribution in [-0.2, 0) is 11.2 Å². The zero-order valence-corrected chi connectivity index (χ0v) is 17.8.